The van der Waals surface area contributed by atoms with Gasteiger partial charge in [0, 0.05) is 19.4 Å². The lowest BCUT2D eigenvalue weighted by Crippen LogP contribution is -2.35. The Morgan fingerprint density at radius 3 is 1.51 bits per heavy atom. The molecule has 2 rings (SSSR count). The Morgan fingerprint density at radius 2 is 1.17 bits per heavy atom. The van der Waals surface area contributed by atoms with E-state index in [-0.39, 0.29) is 47.0 Å². The summed E-state index contributed by atoms with van der Waals surface area (Å²) >= 11 is 0. The molecule has 0 atom stereocenters. The van der Waals surface area contributed by atoms with E-state index in [1.807, 2.05) is 0 Å². The number of carbonyl (C=O) groups is 2. The molecule has 14 heteroatoms. The number of aliphatic hydroxyl groups is 1. The van der Waals surface area contributed by atoms with Crippen LogP contribution in [0, 0.1) is 0 Å². The van der Waals surface area contributed by atoms with Crippen LogP contribution in [-0.2, 0) is 35.4 Å². The van der Waals surface area contributed by atoms with Gasteiger partial charge in [0.05, 0.1) is 20.0 Å². The van der Waals surface area contributed by atoms with Gasteiger partial charge >= 0.3 is 5.97 Å². The molecule has 0 aromatic heterocycles. The molecule has 0 radical (unpaired) electrons. The van der Waals surface area contributed by atoms with Crippen molar-refractivity contribution in [2.24, 2.45) is 5.73 Å². The predicted octanol–water partition coefficient (Wildman–Crippen LogP) is 2.13. The summed E-state index contributed by atoms with van der Waals surface area (Å²) in [6, 6.07) is 13.1. The molecule has 236 valence electrons. The van der Waals surface area contributed by atoms with Crippen molar-refractivity contribution in [1.82, 2.24) is 5.32 Å². The van der Waals surface area contributed by atoms with E-state index >= 15 is 0 Å². The average Bonchev–Trinajstić information content (AvgIpc) is 2.89. The molecule has 0 saturated heterocycles. The molecule has 0 heterocycles. The Kier molecular flexibility index (Phi) is 25.6. The highest BCUT2D eigenvalue weighted by molar-refractivity contribution is 6.74. The number of phenols is 2. The van der Waals surface area contributed by atoms with Gasteiger partial charge in [0.1, 0.15) is 11.5 Å². The van der Waals surface area contributed by atoms with E-state index in [4.69, 9.17) is 29.3 Å². The molecule has 0 aliphatic heterocycles. The molecule has 10 nitrogen and oxygen atoms in total. The van der Waals surface area contributed by atoms with Gasteiger partial charge in [-0.05, 0) is 74.7 Å². The molecule has 0 saturated carbocycles. The maximum atomic E-state index is 11.6. The van der Waals surface area contributed by atoms with E-state index in [2.05, 4.69) is 49.3 Å². The van der Waals surface area contributed by atoms with Crippen LogP contribution in [0.5, 0.6) is 11.5 Å². The van der Waals surface area contributed by atoms with Gasteiger partial charge in [-0.1, -0.05) is 31.7 Å². The topological polar surface area (TPSA) is 161 Å². The maximum Gasteiger partial charge on any atom is 0.309 e. The van der Waals surface area contributed by atoms with Crippen LogP contribution in [-0.4, -0.2) is 89.9 Å². The van der Waals surface area contributed by atoms with Gasteiger partial charge in [-0.2, -0.15) is 0 Å². The number of nitrogens with two attached hydrogens (primary N) is 1. The molecule has 2 aromatic carbocycles. The Bertz CT molecular complexity index is 936. The van der Waals surface area contributed by atoms with Crippen molar-refractivity contribution >= 4 is 48.0 Å². The standard InChI is InChI=1S/C12H21NO3Si2.C9H10O3.C4H15NOSi2.CH4O.CH4/c1-18(2,3)16-17-9-13-12(15)8-10-4-6-11(14)7-5-10;1-12-9(11)6-7-2-4-8(10)5-3-7;1-8(2,3)6-7-4-5;1-2;/h4-7,14H,8-9,17H2,1-3H3,(H,13,15);2-5,10H,6H2,1H3;4-5,7H2,1-3H3;2H,1H3;1H4. The SMILES string of the molecule is C.CO.COC(=O)Cc1ccc(O)cc1.C[Si](C)(C)O[SiH2]CN.C[Si](C)(C)O[SiH2]CNC(=O)Cc1ccc(O)cc1. The summed E-state index contributed by atoms with van der Waals surface area (Å²) in [6.07, 6.45) is 2.06. The molecule has 0 aliphatic carbocycles. The van der Waals surface area contributed by atoms with Gasteiger partial charge in [0.2, 0.25) is 5.91 Å². The normalized spacial score (nSPS) is 10.8. The summed E-state index contributed by atoms with van der Waals surface area (Å²) in [4.78, 5) is 22.4. The molecule has 1 amide bonds. The van der Waals surface area contributed by atoms with Crippen molar-refractivity contribution < 1.29 is 37.9 Å². The smallest absolute Gasteiger partial charge is 0.309 e. The number of amides is 1. The predicted molar refractivity (Wildman–Crippen MR) is 179 cm³/mol. The summed E-state index contributed by atoms with van der Waals surface area (Å²) in [6.45, 7) is 13.0. The maximum absolute atomic E-state index is 11.6. The highest BCUT2D eigenvalue weighted by Gasteiger charge is 2.13. The Labute approximate surface area is 253 Å². The quantitative estimate of drug-likeness (QED) is 0.140. The van der Waals surface area contributed by atoms with Crippen LogP contribution in [0.3, 0.4) is 0 Å². The first-order chi connectivity index (χ1) is 18.6. The van der Waals surface area contributed by atoms with Crippen molar-refractivity contribution in [2.75, 3.05) is 26.6 Å². The Hall–Kier alpha value is -2.31. The number of benzene rings is 2. The molecule has 0 fully saturated rings. The second kappa shape index (κ2) is 24.3. The molecule has 41 heavy (non-hydrogen) atoms. The van der Waals surface area contributed by atoms with Crippen LogP contribution < -0.4 is 11.1 Å². The summed E-state index contributed by atoms with van der Waals surface area (Å²) in [5.41, 5.74) is 7.03. The van der Waals surface area contributed by atoms with Gasteiger partial charge in [0.15, 0.2) is 36.2 Å². The number of ether oxygens (including phenoxy) is 1. The molecule has 6 N–H and O–H groups in total. The third kappa shape index (κ3) is 29.0. The number of aromatic hydroxyl groups is 2. The third-order valence-corrected chi connectivity index (χ3v) is 13.7. The number of hydrogen-bond donors (Lipinski definition) is 5. The van der Waals surface area contributed by atoms with Gasteiger partial charge < -0.3 is 39.3 Å². The average molecular weight is 647 g/mol. The second-order valence-electron chi connectivity index (χ2n) is 10.3. The van der Waals surface area contributed by atoms with Crippen LogP contribution in [0.25, 0.3) is 0 Å². The van der Waals surface area contributed by atoms with Gasteiger partial charge in [-0.3, -0.25) is 9.59 Å². The van der Waals surface area contributed by atoms with Crippen LogP contribution in [0.1, 0.15) is 18.6 Å². The molecule has 0 aliphatic rings. The molecule has 0 bridgehead atoms. The van der Waals surface area contributed by atoms with E-state index in [9.17, 15) is 9.59 Å². The third-order valence-electron chi connectivity index (χ3n) is 4.43. The fraction of sp³-hybridized carbons (Fsp3) is 0.481. The lowest BCUT2D eigenvalue weighted by atomic mass is 10.1. The van der Waals surface area contributed by atoms with Crippen LogP contribution in [0.4, 0.5) is 0 Å². The number of methoxy groups -OCH3 is 1. The molecule has 2 aromatic rings. The highest BCUT2D eigenvalue weighted by Crippen LogP contribution is 2.11. The number of phenolic OH excluding ortho intramolecular Hbond substituents is 2. The first-order valence-electron chi connectivity index (χ1n) is 13.0. The summed E-state index contributed by atoms with van der Waals surface area (Å²) in [5.74, 6) is 0.145. The number of aliphatic hydroxyl groups excluding tert-OH is 1. The van der Waals surface area contributed by atoms with Crippen LogP contribution in [0.15, 0.2) is 48.5 Å². The fourth-order valence-electron chi connectivity index (χ4n) is 2.63. The highest BCUT2D eigenvalue weighted by atomic mass is 28.4. The van der Waals surface area contributed by atoms with E-state index < -0.39 is 26.4 Å². The Balaban J connectivity index is -0.000000545. The number of hydrogen-bond acceptors (Lipinski definition) is 9. The molecule has 0 unspecified atom stereocenters. The minimum atomic E-state index is -1.43. The largest absolute Gasteiger partial charge is 0.508 e. The van der Waals surface area contributed by atoms with E-state index in [1.165, 1.54) is 19.2 Å². The van der Waals surface area contributed by atoms with E-state index in [0.717, 1.165) is 24.4 Å². The van der Waals surface area contributed by atoms with Gasteiger partial charge in [-0.25, -0.2) is 0 Å². The Morgan fingerprint density at radius 1 is 0.780 bits per heavy atom. The number of nitrogens with one attached hydrogen (secondary N) is 1. The molecular weight excluding hydrogens is 593 g/mol. The zero-order chi connectivity index (χ0) is 31.2. The van der Waals surface area contributed by atoms with Crippen LogP contribution in [0.2, 0.25) is 39.3 Å². The lowest BCUT2D eigenvalue weighted by Gasteiger charge is -2.17. The fourth-order valence-corrected chi connectivity index (χ4v) is 8.79. The molecule has 0 spiro atoms. The minimum Gasteiger partial charge on any atom is -0.508 e. The summed E-state index contributed by atoms with van der Waals surface area (Å²) < 4.78 is 15.8. The van der Waals surface area contributed by atoms with Crippen molar-refractivity contribution in [3.8, 4) is 11.5 Å². The van der Waals surface area contributed by atoms with Gasteiger partial charge in [0.25, 0.3) is 0 Å². The first kappa shape index (κ1) is 43.1. The second-order valence-corrected chi connectivity index (χ2v) is 23.0. The van der Waals surface area contributed by atoms with Crippen molar-refractivity contribution in [1.29, 1.82) is 0 Å². The van der Waals surface area contributed by atoms with Crippen LogP contribution >= 0.6 is 0 Å². The lowest BCUT2D eigenvalue weighted by molar-refractivity contribution is -0.139. The zero-order valence-corrected chi connectivity index (χ0v) is 30.2. The van der Waals surface area contributed by atoms with E-state index in [0.29, 0.717) is 12.6 Å². The van der Waals surface area contributed by atoms with Crippen molar-refractivity contribution in [2.45, 2.75) is 59.6 Å². The first-order valence-corrected chi connectivity index (χ1v) is 22.9. The monoisotopic (exact) mass is 646 g/mol. The number of rotatable bonds is 11. The minimum absolute atomic E-state index is 0. The van der Waals surface area contributed by atoms with E-state index in [1.54, 1.807) is 36.4 Å². The molecular formula is C27H54N2O8Si4. The summed E-state index contributed by atoms with van der Waals surface area (Å²) in [7, 11) is -1.26. The van der Waals surface area contributed by atoms with Crippen molar-refractivity contribution in [3.05, 3.63) is 59.7 Å². The van der Waals surface area contributed by atoms with Crippen molar-refractivity contribution in [3.63, 3.8) is 0 Å². The zero-order valence-electron chi connectivity index (χ0n) is 25.3. The summed E-state index contributed by atoms with van der Waals surface area (Å²) in [5, 5.41) is 27.9. The van der Waals surface area contributed by atoms with Gasteiger partial charge in [-0.15, -0.1) is 0 Å². The number of esters is 1. The number of carbonyl (C=O) groups excluding carboxylic acids is 2.